The molecule has 0 aromatic carbocycles. The Bertz CT molecular complexity index is 341. The third kappa shape index (κ3) is 2.94. The molecule has 94 valence electrons. The van der Waals surface area contributed by atoms with Crippen LogP contribution in [0.5, 0.6) is 0 Å². The lowest BCUT2D eigenvalue weighted by molar-refractivity contribution is 0.340. The van der Waals surface area contributed by atoms with E-state index in [0.717, 1.165) is 17.4 Å². The Kier molecular flexibility index (Phi) is 3.94. The van der Waals surface area contributed by atoms with Crippen LogP contribution in [-0.4, -0.2) is 23.1 Å². The first kappa shape index (κ1) is 12.3. The molecule has 2 N–H and O–H groups in total. The molecule has 4 heteroatoms. The zero-order valence-corrected chi connectivity index (χ0v) is 10.8. The van der Waals surface area contributed by atoms with Gasteiger partial charge in [-0.2, -0.15) is 0 Å². The second kappa shape index (κ2) is 5.45. The fourth-order valence-corrected chi connectivity index (χ4v) is 2.45. The van der Waals surface area contributed by atoms with Gasteiger partial charge in [0, 0.05) is 19.6 Å². The number of rotatable bonds is 3. The van der Waals surface area contributed by atoms with Gasteiger partial charge in [-0.3, -0.25) is 4.98 Å². The minimum Gasteiger partial charge on any atom is -0.355 e. The Hall–Kier alpha value is -1.16. The average Bonchev–Trinajstić information content (AvgIpc) is 2.39. The first-order chi connectivity index (χ1) is 8.20. The van der Waals surface area contributed by atoms with Crippen molar-refractivity contribution in [2.75, 3.05) is 11.9 Å². The minimum absolute atomic E-state index is 0.456. The summed E-state index contributed by atoms with van der Waals surface area (Å²) < 4.78 is 0. The van der Waals surface area contributed by atoms with E-state index in [1.165, 1.54) is 25.7 Å². The molecule has 1 aliphatic carbocycles. The van der Waals surface area contributed by atoms with Crippen molar-refractivity contribution in [3.63, 3.8) is 0 Å². The molecule has 0 bridgehead atoms. The number of hydrogen-bond donors (Lipinski definition) is 1. The van der Waals surface area contributed by atoms with Gasteiger partial charge in [0.1, 0.15) is 5.82 Å². The third-order valence-corrected chi connectivity index (χ3v) is 3.80. The molecule has 1 fully saturated rings. The molecule has 1 aromatic heterocycles. The number of nitrogens with two attached hydrogens (primary N) is 1. The van der Waals surface area contributed by atoms with Gasteiger partial charge in [0.15, 0.2) is 0 Å². The summed E-state index contributed by atoms with van der Waals surface area (Å²) in [4.78, 5) is 11.0. The van der Waals surface area contributed by atoms with Crippen molar-refractivity contribution in [1.29, 1.82) is 0 Å². The SMILES string of the molecule is CC1CCC(N(C)c2cnc(CN)cn2)CC1. The number of anilines is 1. The van der Waals surface area contributed by atoms with Crippen LogP contribution in [0.25, 0.3) is 0 Å². The fourth-order valence-electron chi connectivity index (χ4n) is 2.45. The number of nitrogens with zero attached hydrogens (tertiary/aromatic N) is 3. The van der Waals surface area contributed by atoms with E-state index < -0.39 is 0 Å². The molecule has 1 saturated carbocycles. The average molecular weight is 234 g/mol. The maximum Gasteiger partial charge on any atom is 0.147 e. The molecule has 1 aromatic rings. The molecule has 17 heavy (non-hydrogen) atoms. The van der Waals surface area contributed by atoms with Gasteiger partial charge in [-0.1, -0.05) is 6.92 Å². The molecular weight excluding hydrogens is 212 g/mol. The first-order valence-electron chi connectivity index (χ1n) is 6.44. The smallest absolute Gasteiger partial charge is 0.147 e. The fraction of sp³-hybridized carbons (Fsp3) is 0.692. The van der Waals surface area contributed by atoms with Crippen LogP contribution in [0, 0.1) is 5.92 Å². The van der Waals surface area contributed by atoms with Crippen LogP contribution in [-0.2, 0) is 6.54 Å². The molecule has 1 heterocycles. The maximum absolute atomic E-state index is 5.52. The second-order valence-corrected chi connectivity index (χ2v) is 5.09. The van der Waals surface area contributed by atoms with Gasteiger partial charge in [-0.05, 0) is 31.6 Å². The van der Waals surface area contributed by atoms with Crippen LogP contribution in [0.3, 0.4) is 0 Å². The lowest BCUT2D eigenvalue weighted by Gasteiger charge is -2.34. The van der Waals surface area contributed by atoms with Gasteiger partial charge < -0.3 is 10.6 Å². The molecule has 0 atom stereocenters. The van der Waals surface area contributed by atoms with E-state index in [1.54, 1.807) is 6.20 Å². The highest BCUT2D eigenvalue weighted by molar-refractivity contribution is 5.36. The Balaban J connectivity index is 2.00. The molecule has 0 unspecified atom stereocenters. The van der Waals surface area contributed by atoms with Gasteiger partial charge in [-0.25, -0.2) is 4.98 Å². The lowest BCUT2D eigenvalue weighted by Crippen LogP contribution is -2.35. The van der Waals surface area contributed by atoms with Crippen LogP contribution in [0.4, 0.5) is 5.82 Å². The summed E-state index contributed by atoms with van der Waals surface area (Å²) in [5.74, 6) is 1.84. The molecular formula is C13H22N4. The number of hydrogen-bond acceptors (Lipinski definition) is 4. The highest BCUT2D eigenvalue weighted by atomic mass is 15.2. The molecule has 0 saturated heterocycles. The van der Waals surface area contributed by atoms with Gasteiger partial charge in [-0.15, -0.1) is 0 Å². The summed E-state index contributed by atoms with van der Waals surface area (Å²) in [7, 11) is 2.12. The Morgan fingerprint density at radius 1 is 1.24 bits per heavy atom. The van der Waals surface area contributed by atoms with Crippen molar-refractivity contribution >= 4 is 5.82 Å². The molecule has 0 spiro atoms. The van der Waals surface area contributed by atoms with E-state index in [-0.39, 0.29) is 0 Å². The highest BCUT2D eigenvalue weighted by Crippen LogP contribution is 2.28. The van der Waals surface area contributed by atoms with E-state index in [1.807, 2.05) is 6.20 Å². The first-order valence-corrected chi connectivity index (χ1v) is 6.44. The molecule has 0 radical (unpaired) electrons. The standard InChI is InChI=1S/C13H22N4/c1-10-3-5-12(6-4-10)17(2)13-9-15-11(7-14)8-16-13/h8-10,12H,3-7,14H2,1-2H3. The summed E-state index contributed by atoms with van der Waals surface area (Å²) in [6, 6.07) is 0.615. The zero-order chi connectivity index (χ0) is 12.3. The summed E-state index contributed by atoms with van der Waals surface area (Å²) >= 11 is 0. The predicted octanol–water partition coefficient (Wildman–Crippen LogP) is 1.95. The Morgan fingerprint density at radius 3 is 2.47 bits per heavy atom. The van der Waals surface area contributed by atoms with E-state index in [4.69, 9.17) is 5.73 Å². The molecule has 1 aliphatic rings. The Labute approximate surface area is 103 Å². The van der Waals surface area contributed by atoms with Gasteiger partial charge in [0.05, 0.1) is 18.1 Å². The van der Waals surface area contributed by atoms with Crippen LogP contribution < -0.4 is 10.6 Å². The second-order valence-electron chi connectivity index (χ2n) is 5.09. The van der Waals surface area contributed by atoms with Crippen molar-refractivity contribution in [2.45, 2.75) is 45.2 Å². The summed E-state index contributed by atoms with van der Waals surface area (Å²) in [5.41, 5.74) is 6.36. The van der Waals surface area contributed by atoms with Crippen LogP contribution in [0.2, 0.25) is 0 Å². The van der Waals surface area contributed by atoms with Gasteiger partial charge >= 0.3 is 0 Å². The van der Waals surface area contributed by atoms with Crippen LogP contribution in [0.1, 0.15) is 38.3 Å². The maximum atomic E-state index is 5.52. The molecule has 0 aliphatic heterocycles. The van der Waals surface area contributed by atoms with E-state index in [0.29, 0.717) is 12.6 Å². The van der Waals surface area contributed by atoms with Crippen molar-refractivity contribution in [3.05, 3.63) is 18.1 Å². The molecule has 2 rings (SSSR count). The lowest BCUT2D eigenvalue weighted by atomic mass is 9.87. The number of aromatic nitrogens is 2. The van der Waals surface area contributed by atoms with Crippen LogP contribution in [0.15, 0.2) is 12.4 Å². The van der Waals surface area contributed by atoms with Gasteiger partial charge in [0.25, 0.3) is 0 Å². The quantitative estimate of drug-likeness (QED) is 0.868. The normalized spacial score (nSPS) is 24.6. The summed E-state index contributed by atoms with van der Waals surface area (Å²) in [6.07, 6.45) is 8.78. The van der Waals surface area contributed by atoms with Crippen molar-refractivity contribution in [3.8, 4) is 0 Å². The summed E-state index contributed by atoms with van der Waals surface area (Å²) in [6.45, 7) is 2.80. The third-order valence-electron chi connectivity index (χ3n) is 3.80. The monoisotopic (exact) mass is 234 g/mol. The molecule has 4 nitrogen and oxygen atoms in total. The van der Waals surface area contributed by atoms with Crippen LogP contribution >= 0.6 is 0 Å². The summed E-state index contributed by atoms with van der Waals surface area (Å²) in [5, 5.41) is 0. The zero-order valence-electron chi connectivity index (χ0n) is 10.8. The van der Waals surface area contributed by atoms with E-state index >= 15 is 0 Å². The minimum atomic E-state index is 0.456. The van der Waals surface area contributed by atoms with E-state index in [2.05, 4.69) is 28.8 Å². The van der Waals surface area contributed by atoms with E-state index in [9.17, 15) is 0 Å². The largest absolute Gasteiger partial charge is 0.355 e. The highest BCUT2D eigenvalue weighted by Gasteiger charge is 2.22. The van der Waals surface area contributed by atoms with Gasteiger partial charge in [0.2, 0.25) is 0 Å². The van der Waals surface area contributed by atoms with Crippen molar-refractivity contribution in [2.24, 2.45) is 11.7 Å². The Morgan fingerprint density at radius 2 is 1.94 bits per heavy atom. The van der Waals surface area contributed by atoms with Crippen molar-refractivity contribution in [1.82, 2.24) is 9.97 Å². The van der Waals surface area contributed by atoms with Crippen molar-refractivity contribution < 1.29 is 0 Å². The molecule has 0 amide bonds. The topological polar surface area (TPSA) is 55.0 Å². The predicted molar refractivity (Wildman–Crippen MR) is 69.7 cm³/mol.